The molecule has 0 aliphatic carbocycles. The molecule has 0 spiro atoms. The van der Waals surface area contributed by atoms with Crippen LogP contribution in [0.4, 0.5) is 4.39 Å². The summed E-state index contributed by atoms with van der Waals surface area (Å²) in [6.07, 6.45) is 0.849. The van der Waals surface area contributed by atoms with Crippen molar-refractivity contribution >= 4 is 38.4 Å². The number of halogens is 3. The van der Waals surface area contributed by atoms with Crippen molar-refractivity contribution in [2.75, 3.05) is 39.3 Å². The Morgan fingerprint density at radius 1 is 1.22 bits per heavy atom. The fraction of sp³-hybridized carbons (Fsp3) is 0.571. The zero-order chi connectivity index (χ0) is 15.7. The van der Waals surface area contributed by atoms with Crippen LogP contribution in [0.25, 0.3) is 0 Å². The Hall–Kier alpha value is -0.250. The van der Waals surface area contributed by atoms with Crippen molar-refractivity contribution in [1.29, 1.82) is 0 Å². The zero-order valence-electron chi connectivity index (χ0n) is 12.5. The molecule has 3 rings (SSSR count). The molecule has 9 heteroatoms. The molecule has 2 aliphatic rings. The minimum Gasteiger partial charge on any atom is -0.314 e. The van der Waals surface area contributed by atoms with Gasteiger partial charge in [-0.05, 0) is 40.5 Å². The minimum atomic E-state index is -3.56. The van der Waals surface area contributed by atoms with E-state index in [0.717, 1.165) is 32.6 Å². The Bertz CT molecular complexity index is 655. The minimum absolute atomic E-state index is 0. The number of nitrogens with one attached hydrogen (secondary N) is 1. The average molecular weight is 429 g/mol. The molecule has 1 unspecified atom stereocenters. The molecule has 0 saturated carbocycles. The lowest BCUT2D eigenvalue weighted by Crippen LogP contribution is -2.49. The standard InChI is InChI=1S/C14H19BrFN3O2S.ClH/c15-13-9-12(1-2-14(13)16)22(20,21)19-6-3-11(10-19)18-7-4-17-5-8-18;/h1-2,9,11,17H,3-8,10H2;1H. The highest BCUT2D eigenvalue weighted by Gasteiger charge is 2.35. The van der Waals surface area contributed by atoms with Gasteiger partial charge in [-0.2, -0.15) is 4.31 Å². The molecule has 0 aromatic heterocycles. The van der Waals surface area contributed by atoms with Crippen molar-refractivity contribution in [3.8, 4) is 0 Å². The van der Waals surface area contributed by atoms with Crippen LogP contribution < -0.4 is 5.32 Å². The summed E-state index contributed by atoms with van der Waals surface area (Å²) in [5.41, 5.74) is 0. The third kappa shape index (κ3) is 4.05. The Balaban J connectivity index is 0.00000192. The first-order chi connectivity index (χ1) is 10.5. The highest BCUT2D eigenvalue weighted by atomic mass is 79.9. The van der Waals surface area contributed by atoms with Gasteiger partial charge in [0.2, 0.25) is 10.0 Å². The summed E-state index contributed by atoms with van der Waals surface area (Å²) in [6.45, 7) is 4.85. The van der Waals surface area contributed by atoms with Gasteiger partial charge in [-0.15, -0.1) is 12.4 Å². The van der Waals surface area contributed by atoms with E-state index in [1.54, 1.807) is 0 Å². The molecular formula is C14H20BrClFN3O2S. The molecule has 1 N–H and O–H groups in total. The van der Waals surface area contributed by atoms with Crippen LogP contribution >= 0.6 is 28.3 Å². The molecule has 0 radical (unpaired) electrons. The first kappa shape index (κ1) is 19.1. The van der Waals surface area contributed by atoms with E-state index in [0.29, 0.717) is 13.1 Å². The third-order valence-electron chi connectivity index (χ3n) is 4.32. The van der Waals surface area contributed by atoms with Crippen molar-refractivity contribution in [2.45, 2.75) is 17.4 Å². The van der Waals surface area contributed by atoms with Crippen molar-refractivity contribution in [2.24, 2.45) is 0 Å². The van der Waals surface area contributed by atoms with Crippen LogP contribution in [0.1, 0.15) is 6.42 Å². The second kappa shape index (κ2) is 7.76. The molecule has 0 amide bonds. The van der Waals surface area contributed by atoms with Crippen molar-refractivity contribution in [1.82, 2.24) is 14.5 Å². The van der Waals surface area contributed by atoms with Gasteiger partial charge >= 0.3 is 0 Å². The van der Waals surface area contributed by atoms with Crippen LogP contribution in [0.3, 0.4) is 0 Å². The number of hydrogen-bond acceptors (Lipinski definition) is 4. The quantitative estimate of drug-likeness (QED) is 0.796. The molecule has 2 heterocycles. The number of benzene rings is 1. The summed E-state index contributed by atoms with van der Waals surface area (Å²) in [5, 5.41) is 3.30. The SMILES string of the molecule is Cl.O=S(=O)(c1ccc(F)c(Br)c1)N1CCC(N2CCNCC2)C1. The van der Waals surface area contributed by atoms with E-state index < -0.39 is 15.8 Å². The third-order valence-corrected chi connectivity index (χ3v) is 6.79. The molecule has 1 atom stereocenters. The van der Waals surface area contributed by atoms with E-state index >= 15 is 0 Å². The number of sulfonamides is 1. The smallest absolute Gasteiger partial charge is 0.243 e. The Morgan fingerprint density at radius 3 is 2.57 bits per heavy atom. The fourth-order valence-corrected chi connectivity index (χ4v) is 5.11. The van der Waals surface area contributed by atoms with Crippen LogP contribution in [0.2, 0.25) is 0 Å². The first-order valence-corrected chi connectivity index (χ1v) is 9.62. The van der Waals surface area contributed by atoms with E-state index in [1.807, 2.05) is 0 Å². The van der Waals surface area contributed by atoms with E-state index in [1.165, 1.54) is 22.5 Å². The summed E-state index contributed by atoms with van der Waals surface area (Å²) in [5.74, 6) is -0.459. The topological polar surface area (TPSA) is 52.7 Å². The molecule has 2 aliphatic heterocycles. The van der Waals surface area contributed by atoms with Gasteiger partial charge in [0.15, 0.2) is 0 Å². The molecule has 2 fully saturated rings. The number of nitrogens with zero attached hydrogens (tertiary/aromatic N) is 2. The number of piperazine rings is 1. The predicted molar refractivity (Wildman–Crippen MR) is 93.0 cm³/mol. The summed E-state index contributed by atoms with van der Waals surface area (Å²) in [4.78, 5) is 2.49. The maximum absolute atomic E-state index is 13.3. The molecule has 23 heavy (non-hydrogen) atoms. The molecule has 1 aromatic rings. The van der Waals surface area contributed by atoms with E-state index in [4.69, 9.17) is 0 Å². The van der Waals surface area contributed by atoms with E-state index in [-0.39, 0.29) is 27.8 Å². The van der Waals surface area contributed by atoms with Crippen LogP contribution in [0.5, 0.6) is 0 Å². The van der Waals surface area contributed by atoms with Gasteiger partial charge in [0.1, 0.15) is 5.82 Å². The summed E-state index contributed by atoms with van der Waals surface area (Å²) in [6, 6.07) is 4.12. The van der Waals surface area contributed by atoms with Crippen molar-refractivity contribution in [3.63, 3.8) is 0 Å². The largest absolute Gasteiger partial charge is 0.314 e. The summed E-state index contributed by atoms with van der Waals surface area (Å²) < 4.78 is 40.3. The summed E-state index contributed by atoms with van der Waals surface area (Å²) >= 11 is 3.05. The first-order valence-electron chi connectivity index (χ1n) is 7.38. The van der Waals surface area contributed by atoms with Gasteiger partial charge in [0.05, 0.1) is 9.37 Å². The second-order valence-corrected chi connectivity index (χ2v) is 8.46. The maximum Gasteiger partial charge on any atom is 0.243 e. The highest BCUT2D eigenvalue weighted by molar-refractivity contribution is 9.10. The Kier molecular flexibility index (Phi) is 6.43. The normalized spacial score (nSPS) is 23.7. The van der Waals surface area contributed by atoms with Gasteiger partial charge in [-0.25, -0.2) is 12.8 Å². The van der Waals surface area contributed by atoms with Crippen LogP contribution in [-0.4, -0.2) is 62.9 Å². The molecule has 1 aromatic carbocycles. The molecular weight excluding hydrogens is 409 g/mol. The number of rotatable bonds is 3. The van der Waals surface area contributed by atoms with Crippen LogP contribution in [0.15, 0.2) is 27.6 Å². The van der Waals surface area contributed by atoms with Gasteiger partial charge in [-0.1, -0.05) is 0 Å². The van der Waals surface area contributed by atoms with Crippen LogP contribution in [-0.2, 0) is 10.0 Å². The lowest BCUT2D eigenvalue weighted by atomic mass is 10.2. The highest BCUT2D eigenvalue weighted by Crippen LogP contribution is 2.26. The molecule has 0 bridgehead atoms. The number of hydrogen-bond donors (Lipinski definition) is 1. The van der Waals surface area contributed by atoms with Gasteiger partial charge in [0.25, 0.3) is 0 Å². The lowest BCUT2D eigenvalue weighted by molar-refractivity contribution is 0.179. The van der Waals surface area contributed by atoms with Crippen molar-refractivity contribution < 1.29 is 12.8 Å². The van der Waals surface area contributed by atoms with Gasteiger partial charge < -0.3 is 5.32 Å². The Labute approximate surface area is 150 Å². The molecule has 5 nitrogen and oxygen atoms in total. The summed E-state index contributed by atoms with van der Waals surface area (Å²) in [7, 11) is -3.56. The second-order valence-electron chi connectivity index (χ2n) is 5.67. The lowest BCUT2D eigenvalue weighted by Gasteiger charge is -2.32. The zero-order valence-corrected chi connectivity index (χ0v) is 15.8. The fourth-order valence-electron chi connectivity index (χ4n) is 3.06. The predicted octanol–water partition coefficient (Wildman–Crippen LogP) is 1.68. The molecule has 2 saturated heterocycles. The average Bonchev–Trinajstić information content (AvgIpc) is 3.01. The maximum atomic E-state index is 13.3. The van der Waals surface area contributed by atoms with Gasteiger partial charge in [-0.3, -0.25) is 4.90 Å². The van der Waals surface area contributed by atoms with Crippen LogP contribution in [0, 0.1) is 5.82 Å². The Morgan fingerprint density at radius 2 is 1.91 bits per heavy atom. The molecule has 130 valence electrons. The monoisotopic (exact) mass is 427 g/mol. The van der Waals surface area contributed by atoms with Crippen molar-refractivity contribution in [3.05, 3.63) is 28.5 Å². The van der Waals surface area contributed by atoms with Gasteiger partial charge in [0, 0.05) is 45.3 Å². The van der Waals surface area contributed by atoms with E-state index in [9.17, 15) is 12.8 Å². The van der Waals surface area contributed by atoms with E-state index in [2.05, 4.69) is 26.1 Å².